The minimum atomic E-state index is -1.81. The fourth-order valence-corrected chi connectivity index (χ4v) is 3.57. The van der Waals surface area contributed by atoms with Gasteiger partial charge in [0.05, 0.1) is 0 Å². The maximum Gasteiger partial charge on any atom is 0.250 e. The molecule has 0 aliphatic heterocycles. The molecule has 0 aliphatic rings. The molecule has 0 saturated heterocycles. The molecule has 3 aromatic carbocycles. The maximum atomic E-state index is 6.46. The molecule has 3 rings (SSSR count). The van der Waals surface area contributed by atoms with Crippen molar-refractivity contribution in [3.8, 4) is 16.9 Å². The van der Waals surface area contributed by atoms with Crippen molar-refractivity contribution in [1.29, 1.82) is 0 Å². The van der Waals surface area contributed by atoms with Crippen molar-refractivity contribution in [2.75, 3.05) is 0 Å². The summed E-state index contributed by atoms with van der Waals surface area (Å²) >= 11 is 0. The van der Waals surface area contributed by atoms with Gasteiger partial charge in [0.1, 0.15) is 5.75 Å². The number of hydrogen-bond donors (Lipinski definition) is 0. The van der Waals surface area contributed by atoms with E-state index in [1.807, 2.05) is 0 Å². The lowest BCUT2D eigenvalue weighted by Crippen LogP contribution is -2.43. The molecule has 3 aromatic rings. The van der Waals surface area contributed by atoms with Crippen LogP contribution < -0.4 is 4.43 Å². The molecule has 0 bridgehead atoms. The standard InChI is InChI=1S/C22H26OSi/c1-22(2,3)24(4,5)23-21-14-13-18-11-12-19(15-20(18)16-21)17-9-7-6-8-10-17/h6-16H,1-5H3. The Balaban J connectivity index is 1.98. The topological polar surface area (TPSA) is 9.23 Å². The van der Waals surface area contributed by atoms with Gasteiger partial charge in [-0.15, -0.1) is 0 Å². The lowest BCUT2D eigenvalue weighted by molar-refractivity contribution is 0.493. The molecule has 0 atom stereocenters. The molecule has 0 amide bonds. The van der Waals surface area contributed by atoms with Gasteiger partial charge < -0.3 is 4.43 Å². The lowest BCUT2D eigenvalue weighted by Gasteiger charge is -2.36. The predicted molar refractivity (Wildman–Crippen MR) is 107 cm³/mol. The fourth-order valence-electron chi connectivity index (χ4n) is 2.55. The van der Waals surface area contributed by atoms with Gasteiger partial charge >= 0.3 is 0 Å². The first kappa shape index (κ1) is 16.8. The largest absolute Gasteiger partial charge is 0.543 e. The molecule has 2 heteroatoms. The zero-order valence-electron chi connectivity index (χ0n) is 15.3. The van der Waals surface area contributed by atoms with E-state index in [0.717, 1.165) is 5.75 Å². The predicted octanol–water partition coefficient (Wildman–Crippen LogP) is 6.89. The van der Waals surface area contributed by atoms with Crippen molar-refractivity contribution in [3.05, 3.63) is 66.7 Å². The maximum absolute atomic E-state index is 6.46. The Morgan fingerprint density at radius 1 is 0.708 bits per heavy atom. The highest BCUT2D eigenvalue weighted by molar-refractivity contribution is 6.74. The molecule has 0 aromatic heterocycles. The van der Waals surface area contributed by atoms with E-state index in [4.69, 9.17) is 4.43 Å². The number of fused-ring (bicyclic) bond motifs is 1. The van der Waals surface area contributed by atoms with Crippen molar-refractivity contribution >= 4 is 19.1 Å². The van der Waals surface area contributed by atoms with E-state index in [1.165, 1.54) is 21.9 Å². The molecule has 1 nitrogen and oxygen atoms in total. The third-order valence-electron chi connectivity index (χ3n) is 5.10. The normalized spacial score (nSPS) is 12.4. The Morgan fingerprint density at radius 3 is 2.04 bits per heavy atom. The van der Waals surface area contributed by atoms with Crippen LogP contribution in [0.2, 0.25) is 18.1 Å². The summed E-state index contributed by atoms with van der Waals surface area (Å²) in [6, 6.07) is 23.6. The van der Waals surface area contributed by atoms with Crippen LogP contribution >= 0.6 is 0 Å². The minimum absolute atomic E-state index is 0.202. The van der Waals surface area contributed by atoms with Gasteiger partial charge in [-0.3, -0.25) is 0 Å². The Morgan fingerprint density at radius 2 is 1.38 bits per heavy atom. The Hall–Kier alpha value is -2.06. The molecule has 0 heterocycles. The summed E-state index contributed by atoms with van der Waals surface area (Å²) in [6.45, 7) is 11.4. The first-order valence-electron chi connectivity index (χ1n) is 8.54. The van der Waals surface area contributed by atoms with Crippen LogP contribution in [0.5, 0.6) is 5.75 Å². The average Bonchev–Trinajstić information content (AvgIpc) is 2.53. The smallest absolute Gasteiger partial charge is 0.250 e. The molecule has 0 N–H and O–H groups in total. The van der Waals surface area contributed by atoms with Gasteiger partial charge in [-0.2, -0.15) is 0 Å². The number of hydrogen-bond acceptors (Lipinski definition) is 1. The summed E-state index contributed by atoms with van der Waals surface area (Å²) in [7, 11) is -1.81. The molecule has 0 unspecified atom stereocenters. The zero-order chi connectivity index (χ0) is 17.4. The monoisotopic (exact) mass is 334 g/mol. The molecule has 0 aliphatic carbocycles. The van der Waals surface area contributed by atoms with Crippen LogP contribution in [0, 0.1) is 0 Å². The van der Waals surface area contributed by atoms with Gasteiger partial charge in [-0.25, -0.2) is 0 Å². The van der Waals surface area contributed by atoms with Crippen molar-refractivity contribution in [2.24, 2.45) is 0 Å². The van der Waals surface area contributed by atoms with E-state index in [0.29, 0.717) is 0 Å². The third kappa shape index (κ3) is 3.39. The minimum Gasteiger partial charge on any atom is -0.543 e. The van der Waals surface area contributed by atoms with Crippen molar-refractivity contribution < 1.29 is 4.43 Å². The number of benzene rings is 3. The molecular weight excluding hydrogens is 308 g/mol. The summed E-state index contributed by atoms with van der Waals surface area (Å²) in [5.41, 5.74) is 2.49. The molecule has 0 fully saturated rings. The summed E-state index contributed by atoms with van der Waals surface area (Å²) < 4.78 is 6.46. The van der Waals surface area contributed by atoms with Crippen LogP contribution in [0.15, 0.2) is 66.7 Å². The van der Waals surface area contributed by atoms with E-state index in [9.17, 15) is 0 Å². The van der Waals surface area contributed by atoms with E-state index in [-0.39, 0.29) is 5.04 Å². The van der Waals surface area contributed by atoms with E-state index in [2.05, 4.69) is 101 Å². The highest BCUT2D eigenvalue weighted by Crippen LogP contribution is 2.38. The Bertz CT molecular complexity index is 845. The fraction of sp³-hybridized carbons (Fsp3) is 0.273. The third-order valence-corrected chi connectivity index (χ3v) is 9.46. The van der Waals surface area contributed by atoms with Crippen LogP contribution in [0.3, 0.4) is 0 Å². The van der Waals surface area contributed by atoms with Gasteiger partial charge in [0.2, 0.25) is 8.32 Å². The Kier molecular flexibility index (Phi) is 4.27. The first-order valence-corrected chi connectivity index (χ1v) is 11.5. The molecular formula is C22H26OSi. The van der Waals surface area contributed by atoms with Crippen LogP contribution in [-0.4, -0.2) is 8.32 Å². The van der Waals surface area contributed by atoms with Crippen LogP contribution in [0.4, 0.5) is 0 Å². The van der Waals surface area contributed by atoms with Gasteiger partial charge in [0.15, 0.2) is 0 Å². The second kappa shape index (κ2) is 6.10. The van der Waals surface area contributed by atoms with E-state index < -0.39 is 8.32 Å². The van der Waals surface area contributed by atoms with Gasteiger partial charge in [0, 0.05) is 0 Å². The molecule has 0 radical (unpaired) electrons. The first-order chi connectivity index (χ1) is 11.3. The van der Waals surface area contributed by atoms with Crippen LogP contribution in [-0.2, 0) is 0 Å². The highest BCUT2D eigenvalue weighted by Gasteiger charge is 2.38. The molecule has 0 spiro atoms. The summed E-state index contributed by atoms with van der Waals surface area (Å²) in [6.07, 6.45) is 0. The SMILES string of the molecule is CC(C)(C)[Si](C)(C)Oc1ccc2ccc(-c3ccccc3)cc2c1. The van der Waals surface area contributed by atoms with Crippen molar-refractivity contribution in [3.63, 3.8) is 0 Å². The Labute approximate surface area is 146 Å². The second-order valence-electron chi connectivity index (χ2n) is 7.95. The van der Waals surface area contributed by atoms with Crippen LogP contribution in [0.25, 0.3) is 21.9 Å². The zero-order valence-corrected chi connectivity index (χ0v) is 16.3. The van der Waals surface area contributed by atoms with Crippen molar-refractivity contribution in [1.82, 2.24) is 0 Å². The van der Waals surface area contributed by atoms with Crippen molar-refractivity contribution in [2.45, 2.75) is 38.9 Å². The molecule has 24 heavy (non-hydrogen) atoms. The molecule has 0 saturated carbocycles. The van der Waals surface area contributed by atoms with E-state index in [1.54, 1.807) is 0 Å². The van der Waals surface area contributed by atoms with Gasteiger partial charge in [-0.05, 0) is 58.2 Å². The second-order valence-corrected chi connectivity index (χ2v) is 12.7. The quantitative estimate of drug-likeness (QED) is 0.474. The van der Waals surface area contributed by atoms with E-state index >= 15 is 0 Å². The van der Waals surface area contributed by atoms with Gasteiger partial charge in [-0.1, -0.05) is 69.3 Å². The van der Waals surface area contributed by atoms with Crippen LogP contribution in [0.1, 0.15) is 20.8 Å². The highest BCUT2D eigenvalue weighted by atomic mass is 28.4. The summed E-state index contributed by atoms with van der Waals surface area (Å²) in [5, 5.41) is 2.68. The molecule has 124 valence electrons. The average molecular weight is 335 g/mol. The summed E-state index contributed by atoms with van der Waals surface area (Å²) in [4.78, 5) is 0. The summed E-state index contributed by atoms with van der Waals surface area (Å²) in [5.74, 6) is 0.985. The van der Waals surface area contributed by atoms with Gasteiger partial charge in [0.25, 0.3) is 0 Å². The number of rotatable bonds is 3. The lowest BCUT2D eigenvalue weighted by atomic mass is 10.0.